The molecule has 184 valence electrons. The molecule has 2 aromatic heterocycles. The number of nitrogens with one attached hydrogen (secondary N) is 2. The van der Waals surface area contributed by atoms with Gasteiger partial charge in [0.25, 0.3) is 5.56 Å². The number of anilines is 2. The van der Waals surface area contributed by atoms with Crippen molar-refractivity contribution in [2.45, 2.75) is 39.4 Å². The number of carbonyl (C=O) groups excluding carboxylic acids is 1. The van der Waals surface area contributed by atoms with Crippen molar-refractivity contribution in [1.82, 2.24) is 19.9 Å². The monoisotopic (exact) mass is 486 g/mol. The minimum Gasteiger partial charge on any atom is -0.399 e. The lowest BCUT2D eigenvalue weighted by Gasteiger charge is -2.25. The first-order chi connectivity index (χ1) is 16.4. The van der Waals surface area contributed by atoms with Crippen molar-refractivity contribution in [3.8, 4) is 0 Å². The SMILES string of the molecule is CC(=O)N1CC=C(c2cc3c(N[C@H](C)c4cc(N)cc(C(F)(F)F)c4)nc(C)nc3[nH]c2=O)CC1. The van der Waals surface area contributed by atoms with Gasteiger partial charge in [-0.05, 0) is 55.7 Å². The van der Waals surface area contributed by atoms with E-state index in [0.717, 1.165) is 17.7 Å². The van der Waals surface area contributed by atoms with E-state index < -0.39 is 17.8 Å². The summed E-state index contributed by atoms with van der Waals surface area (Å²) >= 11 is 0. The summed E-state index contributed by atoms with van der Waals surface area (Å²) in [5.41, 5.74) is 6.47. The molecule has 0 bridgehead atoms. The van der Waals surface area contributed by atoms with Gasteiger partial charge in [0.1, 0.15) is 17.3 Å². The van der Waals surface area contributed by atoms with E-state index in [1.165, 1.54) is 13.0 Å². The molecule has 1 aromatic carbocycles. The summed E-state index contributed by atoms with van der Waals surface area (Å²) < 4.78 is 39.8. The highest BCUT2D eigenvalue weighted by atomic mass is 19.4. The number of halogens is 3. The zero-order chi connectivity index (χ0) is 25.5. The Balaban J connectivity index is 1.73. The van der Waals surface area contributed by atoms with Gasteiger partial charge in [-0.25, -0.2) is 9.97 Å². The molecule has 35 heavy (non-hydrogen) atoms. The molecule has 0 saturated heterocycles. The largest absolute Gasteiger partial charge is 0.416 e. The fourth-order valence-corrected chi connectivity index (χ4v) is 4.12. The number of alkyl halides is 3. The average Bonchev–Trinajstić information content (AvgIpc) is 2.77. The maximum atomic E-state index is 13.3. The van der Waals surface area contributed by atoms with E-state index in [4.69, 9.17) is 5.73 Å². The topological polar surface area (TPSA) is 117 Å². The number of carbonyl (C=O) groups is 1. The lowest BCUT2D eigenvalue weighted by molar-refractivity contribution is -0.137. The number of nitrogens with two attached hydrogens (primary N) is 1. The third-order valence-electron chi connectivity index (χ3n) is 5.98. The Morgan fingerprint density at radius 2 is 1.97 bits per heavy atom. The number of fused-ring (bicyclic) bond motifs is 1. The lowest BCUT2D eigenvalue weighted by atomic mass is 9.99. The molecule has 8 nitrogen and oxygen atoms in total. The number of amides is 1. The summed E-state index contributed by atoms with van der Waals surface area (Å²) in [6, 6.07) is 4.52. The maximum absolute atomic E-state index is 13.3. The van der Waals surface area contributed by atoms with Crippen molar-refractivity contribution in [1.29, 1.82) is 0 Å². The normalized spacial score (nSPS) is 15.1. The number of nitrogens with zero attached hydrogens (tertiary/aromatic N) is 3. The van der Waals surface area contributed by atoms with E-state index in [2.05, 4.69) is 20.3 Å². The molecule has 1 aliphatic rings. The number of pyridine rings is 1. The van der Waals surface area contributed by atoms with Gasteiger partial charge in [0.05, 0.1) is 17.0 Å². The molecule has 0 fully saturated rings. The molecule has 4 N–H and O–H groups in total. The van der Waals surface area contributed by atoms with Crippen LogP contribution >= 0.6 is 0 Å². The summed E-state index contributed by atoms with van der Waals surface area (Å²) in [6.07, 6.45) is -2.16. The molecule has 0 radical (unpaired) electrons. The Kier molecular flexibility index (Phi) is 6.27. The van der Waals surface area contributed by atoms with Crippen LogP contribution in [0.2, 0.25) is 0 Å². The molecule has 11 heteroatoms. The summed E-state index contributed by atoms with van der Waals surface area (Å²) in [5.74, 6) is 0.718. The summed E-state index contributed by atoms with van der Waals surface area (Å²) in [7, 11) is 0. The Morgan fingerprint density at radius 3 is 2.60 bits per heavy atom. The van der Waals surface area contributed by atoms with Gasteiger partial charge in [0.15, 0.2) is 0 Å². The number of aromatic nitrogens is 3. The summed E-state index contributed by atoms with van der Waals surface area (Å²) in [4.78, 5) is 37.6. The van der Waals surface area contributed by atoms with Gasteiger partial charge in [0.2, 0.25) is 5.91 Å². The van der Waals surface area contributed by atoms with Crippen molar-refractivity contribution in [2.24, 2.45) is 0 Å². The van der Waals surface area contributed by atoms with Gasteiger partial charge in [-0.2, -0.15) is 13.2 Å². The highest BCUT2D eigenvalue weighted by molar-refractivity contribution is 5.89. The van der Waals surface area contributed by atoms with Crippen LogP contribution in [0.4, 0.5) is 24.7 Å². The molecule has 0 saturated carbocycles. The molecule has 1 aliphatic heterocycles. The fraction of sp³-hybridized carbons (Fsp3) is 0.333. The first kappa shape index (κ1) is 24.2. The molecule has 3 aromatic rings. The molecule has 0 unspecified atom stereocenters. The third kappa shape index (κ3) is 5.13. The highest BCUT2D eigenvalue weighted by Gasteiger charge is 2.31. The number of benzene rings is 1. The molecule has 0 spiro atoms. The van der Waals surface area contributed by atoms with Gasteiger partial charge < -0.3 is 20.9 Å². The van der Waals surface area contributed by atoms with E-state index in [1.807, 2.05) is 6.08 Å². The molecule has 1 amide bonds. The average molecular weight is 486 g/mol. The van der Waals surface area contributed by atoms with Gasteiger partial charge in [0, 0.05) is 31.3 Å². The highest BCUT2D eigenvalue weighted by Crippen LogP contribution is 2.34. The van der Waals surface area contributed by atoms with Crippen molar-refractivity contribution >= 4 is 34.0 Å². The van der Waals surface area contributed by atoms with E-state index in [0.29, 0.717) is 53.3 Å². The Bertz CT molecular complexity index is 1400. The van der Waals surface area contributed by atoms with Crippen molar-refractivity contribution in [3.05, 3.63) is 63.2 Å². The Morgan fingerprint density at radius 1 is 1.23 bits per heavy atom. The zero-order valence-corrected chi connectivity index (χ0v) is 19.5. The van der Waals surface area contributed by atoms with Crippen LogP contribution in [0, 0.1) is 6.92 Å². The van der Waals surface area contributed by atoms with Crippen molar-refractivity contribution < 1.29 is 18.0 Å². The van der Waals surface area contributed by atoms with Crippen LogP contribution in [0.5, 0.6) is 0 Å². The quantitative estimate of drug-likeness (QED) is 0.480. The second-order valence-corrected chi connectivity index (χ2v) is 8.59. The smallest absolute Gasteiger partial charge is 0.399 e. The van der Waals surface area contributed by atoms with Crippen LogP contribution in [0.25, 0.3) is 16.6 Å². The van der Waals surface area contributed by atoms with Crippen LogP contribution in [0.15, 0.2) is 35.1 Å². The van der Waals surface area contributed by atoms with Crippen LogP contribution in [0.1, 0.15) is 48.8 Å². The molecule has 0 aliphatic carbocycles. The number of H-pyrrole nitrogens is 1. The first-order valence-electron chi connectivity index (χ1n) is 11.0. The molecule has 1 atom stereocenters. The number of rotatable bonds is 4. The van der Waals surface area contributed by atoms with Crippen LogP contribution in [0.3, 0.4) is 0 Å². The lowest BCUT2D eigenvalue weighted by Crippen LogP contribution is -2.33. The Labute approximate surface area is 199 Å². The predicted octanol–water partition coefficient (Wildman–Crippen LogP) is 4.04. The van der Waals surface area contributed by atoms with Gasteiger partial charge >= 0.3 is 6.18 Å². The van der Waals surface area contributed by atoms with Crippen LogP contribution in [-0.2, 0) is 11.0 Å². The molecular weight excluding hydrogens is 461 g/mol. The van der Waals surface area contributed by atoms with Crippen molar-refractivity contribution in [3.63, 3.8) is 0 Å². The summed E-state index contributed by atoms with van der Waals surface area (Å²) in [6.45, 7) is 5.76. The minimum atomic E-state index is -4.53. The van der Waals surface area contributed by atoms with Crippen LogP contribution in [-0.4, -0.2) is 38.8 Å². The number of aromatic amines is 1. The summed E-state index contributed by atoms with van der Waals surface area (Å²) in [5, 5.41) is 3.67. The molecule has 4 rings (SSSR count). The fourth-order valence-electron chi connectivity index (χ4n) is 4.12. The number of nitrogen functional groups attached to an aromatic ring is 1. The van der Waals surface area contributed by atoms with Crippen LogP contribution < -0.4 is 16.6 Å². The van der Waals surface area contributed by atoms with Gasteiger partial charge in [-0.15, -0.1) is 0 Å². The third-order valence-corrected chi connectivity index (χ3v) is 5.98. The number of hydrogen-bond acceptors (Lipinski definition) is 6. The zero-order valence-electron chi connectivity index (χ0n) is 19.5. The molecular formula is C24H25F3N6O2. The Hall–Kier alpha value is -3.89. The van der Waals surface area contributed by atoms with E-state index in [1.54, 1.807) is 24.8 Å². The van der Waals surface area contributed by atoms with E-state index in [9.17, 15) is 22.8 Å². The second-order valence-electron chi connectivity index (χ2n) is 8.59. The minimum absolute atomic E-state index is 0.00246. The maximum Gasteiger partial charge on any atom is 0.416 e. The number of aryl methyl sites for hydroxylation is 1. The number of hydrogen-bond donors (Lipinski definition) is 3. The van der Waals surface area contributed by atoms with E-state index in [-0.39, 0.29) is 17.2 Å². The van der Waals surface area contributed by atoms with Crippen molar-refractivity contribution in [2.75, 3.05) is 24.1 Å². The van der Waals surface area contributed by atoms with E-state index >= 15 is 0 Å². The predicted molar refractivity (Wildman–Crippen MR) is 128 cm³/mol. The molecule has 3 heterocycles. The second kappa shape index (κ2) is 9.05. The first-order valence-corrected chi connectivity index (χ1v) is 11.0. The van der Waals surface area contributed by atoms with Gasteiger partial charge in [-0.1, -0.05) is 6.08 Å². The van der Waals surface area contributed by atoms with Gasteiger partial charge in [-0.3, -0.25) is 9.59 Å². The standard InChI is InChI=1S/C24H25F3N6O2/c1-12(16-8-17(24(25,26)27)10-18(28)9-16)29-21-20-11-19(15-4-6-33(7-5-15)14(3)34)23(35)32-22(20)31-13(2)30-21/h4,8-12H,5-7,28H2,1-3H3,(H2,29,30,31,32,35)/t12-/m1/s1.